The molecule has 3 rings (SSSR count). The molecule has 186 valence electrons. The van der Waals surface area contributed by atoms with Crippen molar-refractivity contribution >= 4 is 23.4 Å². The number of benzene rings is 2. The second-order valence-electron chi connectivity index (χ2n) is 9.74. The van der Waals surface area contributed by atoms with Crippen LogP contribution in [0.4, 0.5) is 25.1 Å². The van der Waals surface area contributed by atoms with E-state index in [4.69, 9.17) is 5.10 Å². The van der Waals surface area contributed by atoms with Crippen LogP contribution in [0.2, 0.25) is 0 Å². The number of nitrogens with zero attached hydrogens (tertiary/aromatic N) is 3. The SMILES string of the molecule is Cc1ccc(-n2nc(C(C)(C)C)cc2NC(=O)CN(C(=O)Nc2ccc(F)cc2F)C(C)C)cc1. The van der Waals surface area contributed by atoms with E-state index >= 15 is 0 Å². The molecule has 3 amide bonds. The normalized spacial score (nSPS) is 11.5. The van der Waals surface area contributed by atoms with Gasteiger partial charge in [-0.15, -0.1) is 0 Å². The highest BCUT2D eigenvalue weighted by atomic mass is 19.1. The van der Waals surface area contributed by atoms with Gasteiger partial charge >= 0.3 is 6.03 Å². The van der Waals surface area contributed by atoms with E-state index in [0.29, 0.717) is 11.9 Å². The van der Waals surface area contributed by atoms with Gasteiger partial charge in [-0.25, -0.2) is 18.3 Å². The molecule has 0 aliphatic carbocycles. The molecule has 0 saturated carbocycles. The first-order valence-electron chi connectivity index (χ1n) is 11.4. The van der Waals surface area contributed by atoms with Gasteiger partial charge in [0.05, 0.1) is 17.1 Å². The fourth-order valence-corrected chi connectivity index (χ4v) is 3.32. The summed E-state index contributed by atoms with van der Waals surface area (Å²) in [6.45, 7) is 11.3. The minimum Gasteiger partial charge on any atom is -0.313 e. The summed E-state index contributed by atoms with van der Waals surface area (Å²) in [4.78, 5) is 27.0. The minimum atomic E-state index is -0.900. The number of nitrogens with one attached hydrogen (secondary N) is 2. The van der Waals surface area contributed by atoms with E-state index in [1.54, 1.807) is 18.5 Å². The Morgan fingerprint density at radius 3 is 2.26 bits per heavy atom. The van der Waals surface area contributed by atoms with Crippen LogP contribution in [0.3, 0.4) is 0 Å². The molecule has 7 nitrogen and oxygen atoms in total. The van der Waals surface area contributed by atoms with E-state index in [0.717, 1.165) is 29.1 Å². The van der Waals surface area contributed by atoms with Crippen LogP contribution in [0.25, 0.3) is 5.69 Å². The highest BCUT2D eigenvalue weighted by Gasteiger charge is 2.24. The number of hydrogen-bond donors (Lipinski definition) is 2. The number of halogens is 2. The van der Waals surface area contributed by atoms with Crippen LogP contribution in [0, 0.1) is 18.6 Å². The molecule has 0 aliphatic rings. The minimum absolute atomic E-state index is 0.172. The Morgan fingerprint density at radius 2 is 1.69 bits per heavy atom. The van der Waals surface area contributed by atoms with Crippen LogP contribution in [0.1, 0.15) is 45.9 Å². The first-order valence-corrected chi connectivity index (χ1v) is 11.4. The lowest BCUT2D eigenvalue weighted by Crippen LogP contribution is -2.44. The molecule has 0 atom stereocenters. The summed E-state index contributed by atoms with van der Waals surface area (Å²) in [7, 11) is 0. The van der Waals surface area contributed by atoms with Gasteiger partial charge in [-0.1, -0.05) is 38.5 Å². The van der Waals surface area contributed by atoms with Gasteiger partial charge in [0.15, 0.2) is 0 Å². The van der Waals surface area contributed by atoms with Crippen molar-refractivity contribution in [2.75, 3.05) is 17.2 Å². The zero-order valence-corrected chi connectivity index (χ0v) is 20.8. The van der Waals surface area contributed by atoms with Crippen molar-refractivity contribution in [3.05, 3.63) is 71.4 Å². The predicted octanol–water partition coefficient (Wildman–Crippen LogP) is 5.64. The molecule has 3 aromatic rings. The van der Waals surface area contributed by atoms with E-state index in [-0.39, 0.29) is 23.7 Å². The second kappa shape index (κ2) is 10.2. The van der Waals surface area contributed by atoms with E-state index in [1.807, 2.05) is 58.0 Å². The van der Waals surface area contributed by atoms with E-state index in [2.05, 4.69) is 10.6 Å². The Hall–Kier alpha value is -3.75. The van der Waals surface area contributed by atoms with Crippen LogP contribution < -0.4 is 10.6 Å². The predicted molar refractivity (Wildman–Crippen MR) is 133 cm³/mol. The average Bonchev–Trinajstić information content (AvgIpc) is 3.18. The third kappa shape index (κ3) is 6.44. The number of carbonyl (C=O) groups is 2. The van der Waals surface area contributed by atoms with Crippen LogP contribution >= 0.6 is 0 Å². The molecule has 2 aromatic carbocycles. The van der Waals surface area contributed by atoms with Gasteiger partial charge < -0.3 is 15.5 Å². The molecule has 0 saturated heterocycles. The summed E-state index contributed by atoms with van der Waals surface area (Å²) in [5, 5.41) is 9.95. The molecule has 0 bridgehead atoms. The summed E-state index contributed by atoms with van der Waals surface area (Å²) in [6.07, 6.45) is 0. The van der Waals surface area contributed by atoms with Crippen molar-refractivity contribution in [1.29, 1.82) is 0 Å². The largest absolute Gasteiger partial charge is 0.322 e. The van der Waals surface area contributed by atoms with Crippen molar-refractivity contribution < 1.29 is 18.4 Å². The average molecular weight is 484 g/mol. The number of hydrogen-bond acceptors (Lipinski definition) is 3. The highest BCUT2D eigenvalue weighted by Crippen LogP contribution is 2.26. The van der Waals surface area contributed by atoms with Crippen LogP contribution in [0.15, 0.2) is 48.5 Å². The van der Waals surface area contributed by atoms with Crippen LogP contribution in [-0.2, 0) is 10.2 Å². The summed E-state index contributed by atoms with van der Waals surface area (Å²) in [5.41, 5.74) is 2.25. The lowest BCUT2D eigenvalue weighted by atomic mass is 9.92. The lowest BCUT2D eigenvalue weighted by Gasteiger charge is -2.26. The molecular formula is C26H31F2N5O2. The zero-order chi connectivity index (χ0) is 25.9. The Morgan fingerprint density at radius 1 is 1.03 bits per heavy atom. The van der Waals surface area contributed by atoms with Gasteiger partial charge in [0.25, 0.3) is 0 Å². The summed E-state index contributed by atoms with van der Waals surface area (Å²) < 4.78 is 28.8. The van der Waals surface area contributed by atoms with E-state index < -0.39 is 23.6 Å². The number of urea groups is 1. The molecule has 35 heavy (non-hydrogen) atoms. The molecule has 0 spiro atoms. The maximum absolute atomic E-state index is 14.0. The molecule has 0 unspecified atom stereocenters. The van der Waals surface area contributed by atoms with Gasteiger partial charge in [0.2, 0.25) is 5.91 Å². The van der Waals surface area contributed by atoms with Crippen molar-refractivity contribution in [2.24, 2.45) is 0 Å². The number of anilines is 2. The topological polar surface area (TPSA) is 79.3 Å². The van der Waals surface area contributed by atoms with Gasteiger partial charge in [-0.05, 0) is 45.0 Å². The summed E-state index contributed by atoms with van der Waals surface area (Å²) in [6, 6.07) is 11.4. The zero-order valence-electron chi connectivity index (χ0n) is 20.8. The number of amides is 3. The quantitative estimate of drug-likeness (QED) is 0.476. The Labute approximate surface area is 204 Å². The third-order valence-electron chi connectivity index (χ3n) is 5.39. The van der Waals surface area contributed by atoms with Crippen molar-refractivity contribution in [2.45, 2.75) is 53.0 Å². The fraction of sp³-hybridized carbons (Fsp3) is 0.346. The monoisotopic (exact) mass is 483 g/mol. The molecule has 1 heterocycles. The number of rotatable bonds is 6. The number of aromatic nitrogens is 2. The summed E-state index contributed by atoms with van der Waals surface area (Å²) in [5.74, 6) is -1.62. The van der Waals surface area contributed by atoms with Crippen LogP contribution in [0.5, 0.6) is 0 Å². The standard InChI is InChI=1S/C26H31F2N5O2/c1-16(2)32(25(35)29-21-12-9-18(27)13-20(21)28)15-24(34)30-23-14-22(26(4,5)6)31-33(23)19-10-7-17(3)8-11-19/h7-14,16H,15H2,1-6H3,(H,29,35)(H,30,34). The number of carbonyl (C=O) groups excluding carboxylic acids is 2. The molecule has 2 N–H and O–H groups in total. The molecule has 0 fully saturated rings. The van der Waals surface area contributed by atoms with Gasteiger partial charge in [0.1, 0.15) is 24.0 Å². The molecule has 1 aromatic heterocycles. The van der Waals surface area contributed by atoms with Crippen molar-refractivity contribution in [3.63, 3.8) is 0 Å². The van der Waals surface area contributed by atoms with Gasteiger partial charge in [-0.3, -0.25) is 4.79 Å². The van der Waals surface area contributed by atoms with E-state index in [9.17, 15) is 18.4 Å². The number of aryl methyl sites for hydroxylation is 1. The molecule has 0 radical (unpaired) electrons. The third-order valence-corrected chi connectivity index (χ3v) is 5.39. The van der Waals surface area contributed by atoms with Gasteiger partial charge in [0, 0.05) is 23.6 Å². The highest BCUT2D eigenvalue weighted by molar-refractivity contribution is 5.97. The second-order valence-corrected chi connectivity index (χ2v) is 9.74. The smallest absolute Gasteiger partial charge is 0.313 e. The van der Waals surface area contributed by atoms with Crippen molar-refractivity contribution in [1.82, 2.24) is 14.7 Å². The molecule has 0 aliphatic heterocycles. The summed E-state index contributed by atoms with van der Waals surface area (Å²) >= 11 is 0. The lowest BCUT2D eigenvalue weighted by molar-refractivity contribution is -0.117. The Kier molecular flexibility index (Phi) is 7.57. The maximum Gasteiger partial charge on any atom is 0.322 e. The first kappa shape index (κ1) is 25.9. The molecule has 9 heteroatoms. The molecular weight excluding hydrogens is 452 g/mol. The van der Waals surface area contributed by atoms with Gasteiger partial charge in [-0.2, -0.15) is 5.10 Å². The van der Waals surface area contributed by atoms with Crippen LogP contribution in [-0.4, -0.2) is 39.2 Å². The first-order chi connectivity index (χ1) is 16.3. The maximum atomic E-state index is 14.0. The van der Waals surface area contributed by atoms with Crippen molar-refractivity contribution in [3.8, 4) is 5.69 Å². The Bertz CT molecular complexity index is 1210. The fourth-order valence-electron chi connectivity index (χ4n) is 3.32. The Balaban J connectivity index is 1.81. The van der Waals surface area contributed by atoms with E-state index in [1.165, 1.54) is 4.90 Å².